The molecule has 2 aliphatic heterocycles. The lowest BCUT2D eigenvalue weighted by Crippen LogP contribution is -2.41. The molecule has 0 saturated carbocycles. The Morgan fingerprint density at radius 3 is 1.88 bits per heavy atom. The Kier molecular flexibility index (Phi) is 17.7. The van der Waals surface area contributed by atoms with Gasteiger partial charge in [0.1, 0.15) is 12.7 Å². The molecule has 1 aromatic carbocycles. The maximum Gasteiger partial charge on any atom is 0.336 e. The van der Waals surface area contributed by atoms with Crippen LogP contribution in [0.2, 0.25) is 0 Å². The molecule has 0 aliphatic carbocycles. The molecule has 48 heavy (non-hydrogen) atoms. The van der Waals surface area contributed by atoms with E-state index in [2.05, 4.69) is 13.2 Å². The van der Waals surface area contributed by atoms with Gasteiger partial charge in [0.15, 0.2) is 0 Å². The molecule has 0 radical (unpaired) electrons. The Morgan fingerprint density at radius 2 is 1.33 bits per heavy atom. The van der Waals surface area contributed by atoms with Crippen LogP contribution in [0.15, 0.2) is 48.6 Å². The third kappa shape index (κ3) is 15.6. The summed E-state index contributed by atoms with van der Waals surface area (Å²) in [4.78, 5) is 46.9. The number of carboxylic acid groups (broad SMARTS) is 2. The number of thioether (sulfide) groups is 4. The van der Waals surface area contributed by atoms with Crippen LogP contribution in [0.25, 0.3) is 0 Å². The predicted octanol–water partition coefficient (Wildman–Crippen LogP) is 4.60. The fourth-order valence-electron chi connectivity index (χ4n) is 4.16. The number of carboxylic acids is 2. The number of aliphatic carboxylic acids is 2. The van der Waals surface area contributed by atoms with Gasteiger partial charge in [-0.3, -0.25) is 9.59 Å². The Bertz CT molecular complexity index is 1250. The Morgan fingerprint density at radius 1 is 0.812 bits per heavy atom. The second-order valence-electron chi connectivity index (χ2n) is 11.1. The molecule has 4 unspecified atom stereocenters. The van der Waals surface area contributed by atoms with Gasteiger partial charge in [0, 0.05) is 50.2 Å². The summed E-state index contributed by atoms with van der Waals surface area (Å²) in [6.45, 7) is 9.93. The molecular weight excluding hydrogens is 705 g/mol. The van der Waals surface area contributed by atoms with Gasteiger partial charge in [-0.1, -0.05) is 37.4 Å². The molecule has 1 aromatic rings. The summed E-state index contributed by atoms with van der Waals surface area (Å²) in [6.07, 6.45) is -1.80. The van der Waals surface area contributed by atoms with E-state index in [4.69, 9.17) is 38.6 Å². The van der Waals surface area contributed by atoms with E-state index in [1.54, 1.807) is 30.4 Å². The molecule has 2 aliphatic rings. The maximum atomic E-state index is 12.5. The van der Waals surface area contributed by atoms with Crippen LogP contribution >= 0.6 is 47.0 Å². The quantitative estimate of drug-likeness (QED) is 0.0907. The summed E-state index contributed by atoms with van der Waals surface area (Å²) in [6, 6.07) is 7.44. The van der Waals surface area contributed by atoms with Gasteiger partial charge < -0.3 is 38.6 Å². The number of esters is 2. The lowest BCUT2D eigenvalue weighted by Gasteiger charge is -2.30. The molecule has 12 nitrogen and oxygen atoms in total. The van der Waals surface area contributed by atoms with Gasteiger partial charge in [0.2, 0.25) is 5.79 Å². The summed E-state index contributed by atoms with van der Waals surface area (Å²) >= 11 is 7.22. The van der Waals surface area contributed by atoms with E-state index >= 15 is 0 Å². The van der Waals surface area contributed by atoms with E-state index in [0.717, 1.165) is 32.8 Å². The second kappa shape index (κ2) is 21.1. The first-order chi connectivity index (χ1) is 22.9. The van der Waals surface area contributed by atoms with Crippen LogP contribution < -0.4 is 0 Å². The summed E-state index contributed by atoms with van der Waals surface area (Å²) < 4.78 is 34.5. The van der Waals surface area contributed by atoms with Gasteiger partial charge in [0.05, 0.1) is 52.5 Å². The van der Waals surface area contributed by atoms with E-state index < -0.39 is 48.6 Å². The highest BCUT2D eigenvalue weighted by molar-refractivity contribution is 8.19. The van der Waals surface area contributed by atoms with Crippen LogP contribution in [-0.4, -0.2) is 111 Å². The number of hydrogen-bond acceptors (Lipinski definition) is 14. The zero-order valence-electron chi connectivity index (χ0n) is 26.8. The van der Waals surface area contributed by atoms with Crippen molar-refractivity contribution in [1.82, 2.24) is 0 Å². The average Bonchev–Trinajstić information content (AvgIpc) is 3.75. The molecule has 16 heteroatoms. The first-order valence-electron chi connectivity index (χ1n) is 15.0. The molecule has 266 valence electrons. The van der Waals surface area contributed by atoms with E-state index in [1.807, 2.05) is 47.8 Å². The van der Waals surface area contributed by atoms with Crippen molar-refractivity contribution in [3.05, 3.63) is 59.7 Å². The lowest BCUT2D eigenvalue weighted by molar-refractivity contribution is -0.241. The van der Waals surface area contributed by atoms with Crippen LogP contribution in [0.1, 0.15) is 30.9 Å². The SMILES string of the molecule is C=C(CC(=O)O)C(=O)OC(COCc1ccc(COCC(C)(OCC2CSCS2)OC(=O)C(=C)CC(=O)O)cc1)COCC1CSCS1. The summed E-state index contributed by atoms with van der Waals surface area (Å²) in [5, 5.41) is 20.5. The zero-order chi connectivity index (χ0) is 34.9. The molecule has 0 amide bonds. The van der Waals surface area contributed by atoms with Crippen molar-refractivity contribution < 1.29 is 57.8 Å². The van der Waals surface area contributed by atoms with Crippen molar-refractivity contribution in [3.63, 3.8) is 0 Å². The second-order valence-corrected chi connectivity index (χ2v) is 16.5. The molecular formula is C32H42O12S4. The lowest BCUT2D eigenvalue weighted by atomic mass is 10.1. The van der Waals surface area contributed by atoms with Crippen molar-refractivity contribution in [1.29, 1.82) is 0 Å². The molecule has 2 fully saturated rings. The minimum atomic E-state index is -1.45. The van der Waals surface area contributed by atoms with Crippen LogP contribution in [0.3, 0.4) is 0 Å². The van der Waals surface area contributed by atoms with Crippen molar-refractivity contribution in [2.75, 3.05) is 54.7 Å². The smallest absolute Gasteiger partial charge is 0.336 e. The molecule has 2 saturated heterocycles. The molecule has 3 rings (SSSR count). The van der Waals surface area contributed by atoms with Crippen LogP contribution in [0.4, 0.5) is 0 Å². The van der Waals surface area contributed by atoms with E-state index in [1.165, 1.54) is 0 Å². The molecule has 0 aromatic heterocycles. The number of carbonyl (C=O) groups is 4. The fraction of sp³-hybridized carbons (Fsp3) is 0.562. The van der Waals surface area contributed by atoms with Crippen molar-refractivity contribution in [2.45, 2.75) is 55.4 Å². The largest absolute Gasteiger partial charge is 0.481 e. The summed E-state index contributed by atoms with van der Waals surface area (Å²) in [5.74, 6) is -3.56. The number of carbonyl (C=O) groups excluding carboxylic acids is 2. The normalized spacial score (nSPS) is 19.3. The number of hydrogen-bond donors (Lipinski definition) is 2. The molecule has 0 spiro atoms. The number of rotatable bonds is 23. The highest BCUT2D eigenvalue weighted by Crippen LogP contribution is 2.31. The maximum absolute atomic E-state index is 12.5. The molecule has 2 heterocycles. The standard InChI is InChI=1S/C32H42O12S4/c1-21(8-28(33)34)30(37)43-25(13-40-14-26-16-45-19-47-26)12-39-10-23-4-6-24(7-5-23)11-41-18-32(3,42-15-27-17-46-20-48-27)44-31(38)22(2)9-29(35)36/h4-7,25-27H,1-2,8-20H2,3H3,(H,33,34)(H,35,36). The topological polar surface area (TPSA) is 164 Å². The van der Waals surface area contributed by atoms with Crippen molar-refractivity contribution >= 4 is 70.9 Å². The number of ether oxygens (including phenoxy) is 6. The monoisotopic (exact) mass is 746 g/mol. The summed E-state index contributed by atoms with van der Waals surface area (Å²) in [5.41, 5.74) is 1.34. The third-order valence-corrected chi connectivity index (χ3v) is 12.3. The van der Waals surface area contributed by atoms with Gasteiger partial charge in [-0.2, -0.15) is 0 Å². The Labute approximate surface area is 297 Å². The number of benzene rings is 1. The van der Waals surface area contributed by atoms with E-state index in [9.17, 15) is 19.2 Å². The Hall–Kier alpha value is -2.18. The minimum absolute atomic E-state index is 0.0394. The molecule has 2 N–H and O–H groups in total. The van der Waals surface area contributed by atoms with Crippen LogP contribution in [0.5, 0.6) is 0 Å². The fourth-order valence-corrected chi connectivity index (χ4v) is 9.66. The van der Waals surface area contributed by atoms with Gasteiger partial charge in [-0.05, 0) is 11.1 Å². The highest BCUT2D eigenvalue weighted by Gasteiger charge is 2.33. The molecule has 0 bridgehead atoms. The van der Waals surface area contributed by atoms with E-state index in [-0.39, 0.29) is 49.4 Å². The zero-order valence-corrected chi connectivity index (χ0v) is 30.0. The third-order valence-electron chi connectivity index (χ3n) is 6.68. The molecule has 4 atom stereocenters. The first-order valence-corrected chi connectivity index (χ1v) is 19.4. The first kappa shape index (κ1) is 40.3. The highest BCUT2D eigenvalue weighted by atomic mass is 32.2. The van der Waals surface area contributed by atoms with Crippen LogP contribution in [0, 0.1) is 0 Å². The minimum Gasteiger partial charge on any atom is -0.481 e. The van der Waals surface area contributed by atoms with Crippen LogP contribution in [-0.2, 0) is 60.8 Å². The van der Waals surface area contributed by atoms with Crippen molar-refractivity contribution in [2.24, 2.45) is 0 Å². The average molecular weight is 747 g/mol. The van der Waals surface area contributed by atoms with E-state index in [0.29, 0.717) is 18.5 Å². The Balaban J connectivity index is 1.48. The summed E-state index contributed by atoms with van der Waals surface area (Å²) in [7, 11) is 0. The van der Waals surface area contributed by atoms with Gasteiger partial charge >= 0.3 is 23.9 Å². The van der Waals surface area contributed by atoms with Gasteiger partial charge in [-0.15, -0.1) is 47.0 Å². The van der Waals surface area contributed by atoms with Gasteiger partial charge in [-0.25, -0.2) is 9.59 Å². The van der Waals surface area contributed by atoms with Gasteiger partial charge in [0.25, 0.3) is 0 Å². The van der Waals surface area contributed by atoms with Crippen molar-refractivity contribution in [3.8, 4) is 0 Å². The predicted molar refractivity (Wildman–Crippen MR) is 187 cm³/mol.